The molecule has 0 amide bonds. The summed E-state index contributed by atoms with van der Waals surface area (Å²) in [4.78, 5) is 0. The van der Waals surface area contributed by atoms with E-state index < -0.39 is 0 Å². The van der Waals surface area contributed by atoms with Gasteiger partial charge in [0, 0.05) is 12.3 Å². The number of hydrogen-bond donors (Lipinski definition) is 1. The second kappa shape index (κ2) is 8.34. The Morgan fingerprint density at radius 2 is 1.46 bits per heavy atom. The first kappa shape index (κ1) is 17.0. The van der Waals surface area contributed by atoms with E-state index in [2.05, 4.69) is 43.3 Å². The molecule has 1 aliphatic rings. The van der Waals surface area contributed by atoms with Gasteiger partial charge in [-0.3, -0.25) is 0 Å². The number of ether oxygens (including phenoxy) is 1. The monoisotopic (exact) mass is 323 g/mol. The summed E-state index contributed by atoms with van der Waals surface area (Å²) in [6.07, 6.45) is 7.79. The summed E-state index contributed by atoms with van der Waals surface area (Å²) in [5, 5.41) is 0. The van der Waals surface area contributed by atoms with Crippen molar-refractivity contribution in [2.24, 2.45) is 0 Å². The summed E-state index contributed by atoms with van der Waals surface area (Å²) in [5.41, 5.74) is 10.5. The fourth-order valence-corrected chi connectivity index (χ4v) is 3.58. The van der Waals surface area contributed by atoms with Crippen LogP contribution in [0.1, 0.15) is 56.9 Å². The second-order valence-electron chi connectivity index (χ2n) is 6.94. The van der Waals surface area contributed by atoms with E-state index in [1.54, 1.807) is 0 Å². The van der Waals surface area contributed by atoms with E-state index in [1.807, 2.05) is 12.1 Å². The van der Waals surface area contributed by atoms with Crippen LogP contribution in [0.4, 0.5) is 5.69 Å². The van der Waals surface area contributed by atoms with Gasteiger partial charge in [0.05, 0.1) is 6.10 Å². The molecule has 0 atom stereocenters. The maximum absolute atomic E-state index is 5.98. The maximum atomic E-state index is 5.98. The number of rotatable bonds is 6. The molecule has 1 fully saturated rings. The normalized spacial score (nSPS) is 20.9. The van der Waals surface area contributed by atoms with Crippen LogP contribution in [0.25, 0.3) is 11.1 Å². The minimum absolute atomic E-state index is 0.488. The molecular formula is C22H29NO. The van der Waals surface area contributed by atoms with E-state index in [-0.39, 0.29) is 0 Å². The number of unbranched alkanes of at least 4 members (excludes halogenated alkanes) is 1. The molecule has 24 heavy (non-hydrogen) atoms. The van der Waals surface area contributed by atoms with Crippen LogP contribution in [-0.2, 0) is 4.74 Å². The first-order valence-corrected chi connectivity index (χ1v) is 9.33. The molecule has 0 saturated heterocycles. The van der Waals surface area contributed by atoms with Crippen molar-refractivity contribution in [3.63, 3.8) is 0 Å². The van der Waals surface area contributed by atoms with E-state index >= 15 is 0 Å². The van der Waals surface area contributed by atoms with Crippen molar-refractivity contribution in [2.75, 3.05) is 12.3 Å². The van der Waals surface area contributed by atoms with Gasteiger partial charge in [-0.05, 0) is 66.8 Å². The first-order valence-electron chi connectivity index (χ1n) is 9.33. The van der Waals surface area contributed by atoms with Gasteiger partial charge in [-0.25, -0.2) is 0 Å². The molecule has 2 aromatic rings. The molecule has 0 aliphatic heterocycles. The van der Waals surface area contributed by atoms with Crippen molar-refractivity contribution >= 4 is 5.69 Å². The van der Waals surface area contributed by atoms with Crippen LogP contribution >= 0.6 is 0 Å². The van der Waals surface area contributed by atoms with Gasteiger partial charge in [0.2, 0.25) is 0 Å². The lowest BCUT2D eigenvalue weighted by Crippen LogP contribution is -2.21. The highest BCUT2D eigenvalue weighted by molar-refractivity contribution is 5.65. The van der Waals surface area contributed by atoms with Crippen LogP contribution in [0.15, 0.2) is 48.5 Å². The average molecular weight is 323 g/mol. The zero-order valence-corrected chi connectivity index (χ0v) is 14.7. The van der Waals surface area contributed by atoms with Crippen molar-refractivity contribution in [1.82, 2.24) is 0 Å². The molecule has 2 nitrogen and oxygen atoms in total. The smallest absolute Gasteiger partial charge is 0.0575 e. The van der Waals surface area contributed by atoms with E-state index in [1.165, 1.54) is 55.2 Å². The third-order valence-corrected chi connectivity index (χ3v) is 5.15. The van der Waals surface area contributed by atoms with Gasteiger partial charge in [-0.1, -0.05) is 49.7 Å². The molecule has 2 heteroatoms. The van der Waals surface area contributed by atoms with Gasteiger partial charge in [-0.2, -0.15) is 0 Å². The van der Waals surface area contributed by atoms with Gasteiger partial charge in [0.25, 0.3) is 0 Å². The molecule has 1 aliphatic carbocycles. The number of nitrogen functional groups attached to an aromatic ring is 1. The predicted molar refractivity (Wildman–Crippen MR) is 102 cm³/mol. The van der Waals surface area contributed by atoms with E-state index in [4.69, 9.17) is 10.5 Å². The number of anilines is 1. The van der Waals surface area contributed by atoms with Crippen LogP contribution in [0.3, 0.4) is 0 Å². The molecule has 0 spiro atoms. The minimum Gasteiger partial charge on any atom is -0.399 e. The van der Waals surface area contributed by atoms with Crippen molar-refractivity contribution in [1.29, 1.82) is 0 Å². The van der Waals surface area contributed by atoms with Gasteiger partial charge < -0.3 is 10.5 Å². The Balaban J connectivity index is 1.56. The quantitative estimate of drug-likeness (QED) is 0.540. The topological polar surface area (TPSA) is 35.2 Å². The largest absolute Gasteiger partial charge is 0.399 e. The van der Waals surface area contributed by atoms with E-state index in [9.17, 15) is 0 Å². The standard InChI is InChI=1S/C22H29NO/c1-2-3-16-24-22-14-10-20(11-15-22)18-6-4-17(5-7-18)19-8-12-21(23)13-9-19/h4-9,12-13,20,22H,2-3,10-11,14-16,23H2,1H3. The highest BCUT2D eigenvalue weighted by Gasteiger charge is 2.22. The molecule has 2 N–H and O–H groups in total. The summed E-state index contributed by atoms with van der Waals surface area (Å²) in [6, 6.07) is 17.2. The second-order valence-corrected chi connectivity index (χ2v) is 6.94. The Kier molecular flexibility index (Phi) is 5.92. The molecule has 0 unspecified atom stereocenters. The zero-order valence-electron chi connectivity index (χ0n) is 14.7. The third kappa shape index (κ3) is 4.39. The van der Waals surface area contributed by atoms with E-state index in [0.29, 0.717) is 12.0 Å². The molecule has 0 bridgehead atoms. The molecule has 0 radical (unpaired) electrons. The minimum atomic E-state index is 0.488. The molecule has 2 aromatic carbocycles. The van der Waals surface area contributed by atoms with Gasteiger partial charge in [-0.15, -0.1) is 0 Å². The summed E-state index contributed by atoms with van der Waals surface area (Å²) in [6.45, 7) is 3.15. The SMILES string of the molecule is CCCCOC1CCC(c2ccc(-c3ccc(N)cc3)cc2)CC1. The highest BCUT2D eigenvalue weighted by Crippen LogP contribution is 2.35. The summed E-state index contributed by atoms with van der Waals surface area (Å²) >= 11 is 0. The predicted octanol–water partition coefficient (Wildman–Crippen LogP) is 5.78. The van der Waals surface area contributed by atoms with Crippen LogP contribution in [0, 0.1) is 0 Å². The van der Waals surface area contributed by atoms with Crippen molar-refractivity contribution in [3.05, 3.63) is 54.1 Å². The van der Waals surface area contributed by atoms with Crippen molar-refractivity contribution in [2.45, 2.75) is 57.5 Å². The van der Waals surface area contributed by atoms with Crippen LogP contribution in [0.2, 0.25) is 0 Å². The third-order valence-electron chi connectivity index (χ3n) is 5.15. The lowest BCUT2D eigenvalue weighted by atomic mass is 9.82. The molecule has 1 saturated carbocycles. The van der Waals surface area contributed by atoms with E-state index in [0.717, 1.165) is 12.3 Å². The Morgan fingerprint density at radius 1 is 0.875 bits per heavy atom. The van der Waals surface area contributed by atoms with Crippen molar-refractivity contribution in [3.8, 4) is 11.1 Å². The Morgan fingerprint density at radius 3 is 2.04 bits per heavy atom. The van der Waals surface area contributed by atoms with Crippen molar-refractivity contribution < 1.29 is 4.74 Å². The van der Waals surface area contributed by atoms with Crippen LogP contribution in [-0.4, -0.2) is 12.7 Å². The fraction of sp³-hybridized carbons (Fsp3) is 0.455. The summed E-state index contributed by atoms with van der Waals surface area (Å²) in [5.74, 6) is 0.691. The summed E-state index contributed by atoms with van der Waals surface area (Å²) < 4.78 is 5.98. The Hall–Kier alpha value is -1.80. The highest BCUT2D eigenvalue weighted by atomic mass is 16.5. The molecular weight excluding hydrogens is 294 g/mol. The molecule has 3 rings (SSSR count). The zero-order chi connectivity index (χ0) is 16.8. The Labute approximate surface area is 146 Å². The van der Waals surface area contributed by atoms with Crippen LogP contribution in [0.5, 0.6) is 0 Å². The maximum Gasteiger partial charge on any atom is 0.0575 e. The number of benzene rings is 2. The molecule has 128 valence electrons. The average Bonchev–Trinajstić information content (AvgIpc) is 2.63. The molecule has 0 heterocycles. The number of nitrogens with two attached hydrogens (primary N) is 1. The lowest BCUT2D eigenvalue weighted by Gasteiger charge is -2.29. The van der Waals surface area contributed by atoms with Gasteiger partial charge >= 0.3 is 0 Å². The summed E-state index contributed by atoms with van der Waals surface area (Å²) in [7, 11) is 0. The Bertz CT molecular complexity index is 609. The number of hydrogen-bond acceptors (Lipinski definition) is 2. The van der Waals surface area contributed by atoms with Crippen LogP contribution < -0.4 is 5.73 Å². The lowest BCUT2D eigenvalue weighted by molar-refractivity contribution is 0.0232. The fourth-order valence-electron chi connectivity index (χ4n) is 3.58. The van der Waals surface area contributed by atoms with Gasteiger partial charge in [0.15, 0.2) is 0 Å². The van der Waals surface area contributed by atoms with Gasteiger partial charge in [0.1, 0.15) is 0 Å². The molecule has 0 aromatic heterocycles. The first-order chi connectivity index (χ1) is 11.8.